The molecule has 0 aliphatic carbocycles. The van der Waals surface area contributed by atoms with Gasteiger partial charge in [0.05, 0.1) is 0 Å². The molecule has 2 aromatic rings. The fourth-order valence-electron chi connectivity index (χ4n) is 3.24. The minimum atomic E-state index is -0.597. The Hall–Kier alpha value is -2.34. The molecule has 3 atom stereocenters. The van der Waals surface area contributed by atoms with Crippen LogP contribution in [-0.2, 0) is 4.79 Å². The summed E-state index contributed by atoms with van der Waals surface area (Å²) in [4.78, 5) is 27.9. The minimum Gasteiger partial charge on any atom is -0.352 e. The van der Waals surface area contributed by atoms with Gasteiger partial charge >= 0.3 is 0 Å². The molecule has 2 aromatic carbocycles. The highest BCUT2D eigenvalue weighted by Gasteiger charge is 2.42. The number of hydrogen-bond donors (Lipinski definition) is 1. The van der Waals surface area contributed by atoms with Crippen LogP contribution in [-0.4, -0.2) is 34.6 Å². The molecule has 0 spiro atoms. The van der Waals surface area contributed by atoms with Crippen molar-refractivity contribution in [1.82, 2.24) is 10.2 Å². The molecule has 0 aromatic heterocycles. The number of nitrogens with zero attached hydrogens (tertiary/aromatic N) is 1. The first-order chi connectivity index (χ1) is 13.4. The summed E-state index contributed by atoms with van der Waals surface area (Å²) in [7, 11) is 0. The van der Waals surface area contributed by atoms with E-state index in [4.69, 9.17) is 0 Å². The quantitative estimate of drug-likeness (QED) is 0.814. The largest absolute Gasteiger partial charge is 0.352 e. The van der Waals surface area contributed by atoms with Gasteiger partial charge in [0.25, 0.3) is 5.91 Å². The van der Waals surface area contributed by atoms with Crippen LogP contribution in [0.2, 0.25) is 0 Å². The number of carbonyl (C=O) groups is 2. The lowest BCUT2D eigenvalue weighted by atomic mass is 10.1. The third-order valence-corrected chi connectivity index (χ3v) is 6.26. The summed E-state index contributed by atoms with van der Waals surface area (Å²) in [6.45, 7) is 5.86. The number of aryl methyl sites for hydroxylation is 1. The Morgan fingerprint density at radius 1 is 1.25 bits per heavy atom. The van der Waals surface area contributed by atoms with E-state index < -0.39 is 11.4 Å². The highest BCUT2D eigenvalue weighted by Crippen LogP contribution is 2.42. The number of carbonyl (C=O) groups excluding carboxylic acids is 2. The van der Waals surface area contributed by atoms with Crippen LogP contribution >= 0.6 is 11.8 Å². The molecule has 0 radical (unpaired) electrons. The number of thioether (sulfide) groups is 1. The highest BCUT2D eigenvalue weighted by atomic mass is 32.2. The highest BCUT2D eigenvalue weighted by molar-refractivity contribution is 7.99. The van der Waals surface area contributed by atoms with Crippen molar-refractivity contribution in [3.8, 4) is 0 Å². The SMILES string of the molecule is CC[C@H](C)NC(=O)[C@H]1CS[C@H](c2cccc(F)c2)N1C(=O)c1cccc(C)c1. The van der Waals surface area contributed by atoms with Crippen LogP contribution in [0.1, 0.15) is 47.1 Å². The van der Waals surface area contributed by atoms with Gasteiger partial charge in [0.2, 0.25) is 5.91 Å². The average Bonchev–Trinajstić information content (AvgIpc) is 3.12. The fourth-order valence-corrected chi connectivity index (χ4v) is 4.66. The zero-order chi connectivity index (χ0) is 20.3. The maximum atomic E-state index is 13.8. The first-order valence-electron chi connectivity index (χ1n) is 9.47. The Morgan fingerprint density at radius 2 is 2.00 bits per heavy atom. The van der Waals surface area contributed by atoms with E-state index >= 15 is 0 Å². The molecule has 1 aliphatic heterocycles. The minimum absolute atomic E-state index is 0.0293. The van der Waals surface area contributed by atoms with Crippen LogP contribution in [0.3, 0.4) is 0 Å². The molecule has 1 heterocycles. The lowest BCUT2D eigenvalue weighted by molar-refractivity contribution is -0.125. The number of rotatable bonds is 5. The fraction of sp³-hybridized carbons (Fsp3) is 0.364. The van der Waals surface area contributed by atoms with Crippen molar-refractivity contribution in [1.29, 1.82) is 0 Å². The molecule has 4 nitrogen and oxygen atoms in total. The van der Waals surface area contributed by atoms with Gasteiger partial charge in [-0.25, -0.2) is 4.39 Å². The summed E-state index contributed by atoms with van der Waals surface area (Å²) in [5.41, 5.74) is 2.19. The molecular formula is C22H25FN2O2S. The Bertz CT molecular complexity index is 873. The second-order valence-electron chi connectivity index (χ2n) is 7.16. The summed E-state index contributed by atoms with van der Waals surface area (Å²) < 4.78 is 13.8. The van der Waals surface area contributed by atoms with Crippen LogP contribution in [0.25, 0.3) is 0 Å². The van der Waals surface area contributed by atoms with Crippen molar-refractivity contribution in [3.63, 3.8) is 0 Å². The van der Waals surface area contributed by atoms with Crippen molar-refractivity contribution in [3.05, 3.63) is 71.0 Å². The zero-order valence-electron chi connectivity index (χ0n) is 16.3. The second kappa shape index (κ2) is 8.78. The van der Waals surface area contributed by atoms with Gasteiger partial charge in [0.1, 0.15) is 17.2 Å². The Kier molecular flexibility index (Phi) is 6.39. The molecule has 0 saturated carbocycles. The van der Waals surface area contributed by atoms with E-state index in [-0.39, 0.29) is 23.7 Å². The van der Waals surface area contributed by atoms with E-state index in [9.17, 15) is 14.0 Å². The molecule has 6 heteroatoms. The lowest BCUT2D eigenvalue weighted by Crippen LogP contribution is -2.49. The molecule has 0 bridgehead atoms. The summed E-state index contributed by atoms with van der Waals surface area (Å²) in [6, 6.07) is 13.0. The monoisotopic (exact) mass is 400 g/mol. The molecule has 1 aliphatic rings. The van der Waals surface area contributed by atoms with Crippen LogP contribution in [0, 0.1) is 12.7 Å². The average molecular weight is 401 g/mol. The van der Waals surface area contributed by atoms with Crippen molar-refractivity contribution in [2.24, 2.45) is 0 Å². The van der Waals surface area contributed by atoms with Crippen molar-refractivity contribution >= 4 is 23.6 Å². The van der Waals surface area contributed by atoms with Gasteiger partial charge in [0, 0.05) is 17.4 Å². The number of benzene rings is 2. The van der Waals surface area contributed by atoms with Gasteiger partial charge in [-0.15, -0.1) is 11.8 Å². The van der Waals surface area contributed by atoms with Crippen molar-refractivity contribution in [2.45, 2.75) is 44.6 Å². The van der Waals surface area contributed by atoms with Crippen LogP contribution in [0.5, 0.6) is 0 Å². The zero-order valence-corrected chi connectivity index (χ0v) is 17.1. The number of amides is 2. The topological polar surface area (TPSA) is 49.4 Å². The van der Waals surface area contributed by atoms with Gasteiger partial charge in [-0.3, -0.25) is 9.59 Å². The van der Waals surface area contributed by atoms with E-state index in [2.05, 4.69) is 5.32 Å². The molecule has 1 fully saturated rings. The third-order valence-electron chi connectivity index (χ3n) is 4.94. The Balaban J connectivity index is 1.96. The van der Waals surface area contributed by atoms with Gasteiger partial charge in [-0.2, -0.15) is 0 Å². The van der Waals surface area contributed by atoms with Gasteiger partial charge < -0.3 is 10.2 Å². The van der Waals surface area contributed by atoms with E-state index in [1.807, 2.05) is 39.0 Å². The molecule has 1 N–H and O–H groups in total. The maximum absolute atomic E-state index is 13.8. The smallest absolute Gasteiger partial charge is 0.255 e. The van der Waals surface area contributed by atoms with Gasteiger partial charge in [0.15, 0.2) is 0 Å². The molecule has 148 valence electrons. The summed E-state index contributed by atoms with van der Waals surface area (Å²) in [5.74, 6) is -0.261. The third kappa shape index (κ3) is 4.38. The first kappa shape index (κ1) is 20.4. The normalized spacial score (nSPS) is 20.1. The number of hydrogen-bond acceptors (Lipinski definition) is 3. The van der Waals surface area contributed by atoms with E-state index in [0.717, 1.165) is 12.0 Å². The van der Waals surface area contributed by atoms with E-state index in [0.29, 0.717) is 16.9 Å². The van der Waals surface area contributed by atoms with Crippen LogP contribution in [0.15, 0.2) is 48.5 Å². The molecule has 3 rings (SSSR count). The molecule has 0 unspecified atom stereocenters. The summed E-state index contributed by atoms with van der Waals surface area (Å²) in [5, 5.41) is 2.58. The molecule has 1 saturated heterocycles. The van der Waals surface area contributed by atoms with Crippen molar-refractivity contribution in [2.75, 3.05) is 5.75 Å². The van der Waals surface area contributed by atoms with Gasteiger partial charge in [-0.05, 0) is 50.1 Å². The van der Waals surface area contributed by atoms with Crippen molar-refractivity contribution < 1.29 is 14.0 Å². The molecule has 28 heavy (non-hydrogen) atoms. The number of halogens is 1. The van der Waals surface area contributed by atoms with E-state index in [1.165, 1.54) is 23.9 Å². The van der Waals surface area contributed by atoms with Crippen LogP contribution in [0.4, 0.5) is 4.39 Å². The summed E-state index contributed by atoms with van der Waals surface area (Å²) >= 11 is 1.49. The molecular weight excluding hydrogens is 375 g/mol. The summed E-state index contributed by atoms with van der Waals surface area (Å²) in [6.07, 6.45) is 0.810. The van der Waals surface area contributed by atoms with E-state index in [1.54, 1.807) is 23.1 Å². The lowest BCUT2D eigenvalue weighted by Gasteiger charge is -2.30. The van der Waals surface area contributed by atoms with Gasteiger partial charge in [-0.1, -0.05) is 36.8 Å². The van der Waals surface area contributed by atoms with Crippen LogP contribution < -0.4 is 5.32 Å². The maximum Gasteiger partial charge on any atom is 0.255 e. The Labute approximate surface area is 169 Å². The Morgan fingerprint density at radius 3 is 2.68 bits per heavy atom. The predicted molar refractivity (Wildman–Crippen MR) is 111 cm³/mol. The standard InChI is InChI=1S/C22H25FN2O2S/c1-4-15(3)24-20(26)19-13-28-22(17-9-6-10-18(23)12-17)25(19)21(27)16-8-5-7-14(2)11-16/h5-12,15,19,22H,4,13H2,1-3H3,(H,24,26)/t15-,19+,22+/m0/s1. The predicted octanol–water partition coefficient (Wildman–Crippen LogP) is 4.31. The molecule has 2 amide bonds. The second-order valence-corrected chi connectivity index (χ2v) is 8.27. The number of nitrogens with one attached hydrogen (secondary N) is 1. The first-order valence-corrected chi connectivity index (χ1v) is 10.5.